The van der Waals surface area contributed by atoms with Gasteiger partial charge >= 0.3 is 5.97 Å². The molecule has 1 amide bonds. The molecule has 0 radical (unpaired) electrons. The number of Topliss-reactive ketones (excluding diaryl/α,β-unsaturated/α-hetero) is 1. The van der Waals surface area contributed by atoms with Gasteiger partial charge in [0.25, 0.3) is 0 Å². The van der Waals surface area contributed by atoms with E-state index in [2.05, 4.69) is 0 Å². The summed E-state index contributed by atoms with van der Waals surface area (Å²) in [5.74, 6) is -1.42. The maximum absolute atomic E-state index is 11.2. The monoisotopic (exact) mass is 183 g/mol. The number of carbonyl (C=O) groups excluding carboxylic acids is 2. The van der Waals surface area contributed by atoms with Gasteiger partial charge in [0.1, 0.15) is 5.54 Å². The van der Waals surface area contributed by atoms with Gasteiger partial charge in [-0.2, -0.15) is 0 Å². The predicted molar refractivity (Wildman–Crippen MR) is 40.9 cm³/mol. The zero-order valence-corrected chi connectivity index (χ0v) is 6.95. The Kier molecular flexibility index (Phi) is 1.46. The summed E-state index contributed by atoms with van der Waals surface area (Å²) in [5, 5.41) is 8.96. The second kappa shape index (κ2) is 2.31. The summed E-state index contributed by atoms with van der Waals surface area (Å²) in [6, 6.07) is 0. The molecule has 2 fully saturated rings. The lowest BCUT2D eigenvalue weighted by Crippen LogP contribution is -2.47. The first-order valence-corrected chi connectivity index (χ1v) is 4.12. The van der Waals surface area contributed by atoms with Crippen LogP contribution in [0, 0.1) is 0 Å². The topological polar surface area (TPSA) is 74.7 Å². The van der Waals surface area contributed by atoms with Crippen LogP contribution in [0.4, 0.5) is 0 Å². The van der Waals surface area contributed by atoms with E-state index in [0.29, 0.717) is 0 Å². The van der Waals surface area contributed by atoms with Crippen LogP contribution in [0.25, 0.3) is 0 Å². The Morgan fingerprint density at radius 3 is 2.69 bits per heavy atom. The number of amides is 1. The minimum Gasteiger partial charge on any atom is -0.479 e. The van der Waals surface area contributed by atoms with E-state index >= 15 is 0 Å². The van der Waals surface area contributed by atoms with Crippen LogP contribution in [0.3, 0.4) is 0 Å². The number of hydrogen-bond donors (Lipinski definition) is 1. The Balaban J connectivity index is 2.40. The molecular formula is C8H9NO4. The Hall–Kier alpha value is -1.39. The molecule has 2 heterocycles. The Bertz CT molecular complexity index is 311. The van der Waals surface area contributed by atoms with Gasteiger partial charge in [-0.3, -0.25) is 9.59 Å². The van der Waals surface area contributed by atoms with Crippen molar-refractivity contribution in [3.05, 3.63) is 0 Å². The van der Waals surface area contributed by atoms with Gasteiger partial charge in [-0.1, -0.05) is 0 Å². The highest BCUT2D eigenvalue weighted by Crippen LogP contribution is 2.38. The number of carbonyl (C=O) groups is 3. The summed E-state index contributed by atoms with van der Waals surface area (Å²) in [5.41, 5.74) is -1.20. The Morgan fingerprint density at radius 2 is 2.15 bits per heavy atom. The standard InChI is InChI=1S/C8H9NO4/c10-5-3-8(7(12)13)2-1-6(11)9(8)4-5/h1-4H2,(H,12,13)/t8-/m0/s1. The molecule has 2 saturated heterocycles. The number of aliphatic carboxylic acids is 1. The van der Waals surface area contributed by atoms with E-state index in [0.717, 1.165) is 0 Å². The summed E-state index contributed by atoms with van der Waals surface area (Å²) in [4.78, 5) is 34.4. The van der Waals surface area contributed by atoms with Gasteiger partial charge in [0.15, 0.2) is 5.78 Å². The maximum Gasteiger partial charge on any atom is 0.330 e. The van der Waals surface area contributed by atoms with Crippen molar-refractivity contribution in [2.75, 3.05) is 6.54 Å². The summed E-state index contributed by atoms with van der Waals surface area (Å²) in [6.07, 6.45) is 0.501. The second-order valence-corrected chi connectivity index (χ2v) is 3.53. The fourth-order valence-electron chi connectivity index (χ4n) is 2.10. The fraction of sp³-hybridized carbons (Fsp3) is 0.625. The van der Waals surface area contributed by atoms with Crippen molar-refractivity contribution in [3.8, 4) is 0 Å². The van der Waals surface area contributed by atoms with Gasteiger partial charge in [0, 0.05) is 12.8 Å². The molecule has 1 atom stereocenters. The van der Waals surface area contributed by atoms with Gasteiger partial charge in [-0.25, -0.2) is 4.79 Å². The van der Waals surface area contributed by atoms with E-state index < -0.39 is 11.5 Å². The Morgan fingerprint density at radius 1 is 1.46 bits per heavy atom. The first-order chi connectivity index (χ1) is 6.06. The molecule has 13 heavy (non-hydrogen) atoms. The molecule has 0 aromatic carbocycles. The second-order valence-electron chi connectivity index (χ2n) is 3.53. The molecule has 2 aliphatic rings. The normalized spacial score (nSPS) is 32.5. The van der Waals surface area contributed by atoms with Gasteiger partial charge in [0.05, 0.1) is 6.54 Å². The van der Waals surface area contributed by atoms with Gasteiger partial charge in [0.2, 0.25) is 5.91 Å². The van der Waals surface area contributed by atoms with Crippen molar-refractivity contribution in [2.24, 2.45) is 0 Å². The van der Waals surface area contributed by atoms with Crippen molar-refractivity contribution in [1.82, 2.24) is 4.90 Å². The van der Waals surface area contributed by atoms with Crippen LogP contribution in [0.5, 0.6) is 0 Å². The van der Waals surface area contributed by atoms with Crippen LogP contribution >= 0.6 is 0 Å². The number of nitrogens with zero attached hydrogens (tertiary/aromatic N) is 1. The van der Waals surface area contributed by atoms with E-state index in [4.69, 9.17) is 5.11 Å². The van der Waals surface area contributed by atoms with E-state index in [1.54, 1.807) is 0 Å². The number of ketones is 1. The summed E-state index contributed by atoms with van der Waals surface area (Å²) < 4.78 is 0. The van der Waals surface area contributed by atoms with Crippen LogP contribution in [0.2, 0.25) is 0 Å². The summed E-state index contributed by atoms with van der Waals surface area (Å²) in [7, 11) is 0. The summed E-state index contributed by atoms with van der Waals surface area (Å²) >= 11 is 0. The molecule has 0 aliphatic carbocycles. The smallest absolute Gasteiger partial charge is 0.330 e. The first kappa shape index (κ1) is 8.22. The van der Waals surface area contributed by atoms with Crippen molar-refractivity contribution in [3.63, 3.8) is 0 Å². The van der Waals surface area contributed by atoms with Gasteiger partial charge in [-0.05, 0) is 6.42 Å². The van der Waals surface area contributed by atoms with E-state index in [-0.39, 0.29) is 37.5 Å². The molecule has 0 aromatic heterocycles. The fourth-order valence-corrected chi connectivity index (χ4v) is 2.10. The van der Waals surface area contributed by atoms with Crippen LogP contribution < -0.4 is 0 Å². The third-order valence-electron chi connectivity index (χ3n) is 2.79. The number of hydrogen-bond acceptors (Lipinski definition) is 3. The molecule has 0 bridgehead atoms. The number of carboxylic acid groups (broad SMARTS) is 1. The van der Waals surface area contributed by atoms with Crippen LogP contribution in [0.15, 0.2) is 0 Å². The molecular weight excluding hydrogens is 174 g/mol. The quantitative estimate of drug-likeness (QED) is 0.589. The minimum absolute atomic E-state index is 0.0198. The largest absolute Gasteiger partial charge is 0.479 e. The average molecular weight is 183 g/mol. The highest BCUT2D eigenvalue weighted by molar-refractivity contribution is 6.01. The average Bonchev–Trinajstić information content (AvgIpc) is 2.51. The molecule has 0 saturated carbocycles. The highest BCUT2D eigenvalue weighted by atomic mass is 16.4. The van der Waals surface area contributed by atoms with Crippen molar-refractivity contribution < 1.29 is 19.5 Å². The van der Waals surface area contributed by atoms with Crippen molar-refractivity contribution in [1.29, 1.82) is 0 Å². The zero-order chi connectivity index (χ0) is 9.64. The maximum atomic E-state index is 11.2. The lowest BCUT2D eigenvalue weighted by molar-refractivity contribution is -0.151. The third-order valence-corrected chi connectivity index (χ3v) is 2.79. The Labute approximate surface area is 74.3 Å². The minimum atomic E-state index is -1.20. The van der Waals surface area contributed by atoms with Crippen LogP contribution in [0.1, 0.15) is 19.3 Å². The zero-order valence-electron chi connectivity index (χ0n) is 6.95. The molecule has 0 unspecified atom stereocenters. The van der Waals surface area contributed by atoms with Crippen LogP contribution in [-0.2, 0) is 14.4 Å². The molecule has 0 spiro atoms. The molecule has 2 rings (SSSR count). The van der Waals surface area contributed by atoms with Crippen molar-refractivity contribution >= 4 is 17.7 Å². The number of carboxylic acids is 1. The van der Waals surface area contributed by atoms with Crippen molar-refractivity contribution in [2.45, 2.75) is 24.8 Å². The molecule has 1 N–H and O–H groups in total. The lowest BCUT2D eigenvalue weighted by atomic mass is 9.94. The molecule has 5 nitrogen and oxygen atoms in total. The first-order valence-electron chi connectivity index (χ1n) is 4.12. The summed E-state index contributed by atoms with van der Waals surface area (Å²) in [6.45, 7) is -0.0227. The van der Waals surface area contributed by atoms with Gasteiger partial charge in [-0.15, -0.1) is 0 Å². The third kappa shape index (κ3) is 0.897. The lowest BCUT2D eigenvalue weighted by Gasteiger charge is -2.25. The molecule has 0 aromatic rings. The van der Waals surface area contributed by atoms with E-state index in [1.807, 2.05) is 0 Å². The predicted octanol–water partition coefficient (Wildman–Crippen LogP) is -0.595. The molecule has 2 aliphatic heterocycles. The molecule has 5 heteroatoms. The van der Waals surface area contributed by atoms with E-state index in [1.165, 1.54) is 4.90 Å². The van der Waals surface area contributed by atoms with Crippen LogP contribution in [-0.4, -0.2) is 39.7 Å². The SMILES string of the molecule is O=C1CN2C(=O)CC[C@@]2(C(=O)O)C1. The number of rotatable bonds is 1. The highest BCUT2D eigenvalue weighted by Gasteiger charge is 2.56. The molecule has 70 valence electrons. The van der Waals surface area contributed by atoms with E-state index in [9.17, 15) is 14.4 Å². The number of fused-ring (bicyclic) bond motifs is 1. The van der Waals surface area contributed by atoms with Gasteiger partial charge < -0.3 is 10.0 Å².